The molecule has 0 saturated heterocycles. The largest absolute Gasteiger partial charge is 0.481 e. The molecule has 1 aliphatic rings. The van der Waals surface area contributed by atoms with Gasteiger partial charge in [-0.25, -0.2) is 0 Å². The number of para-hydroxylation sites is 1. The highest BCUT2D eigenvalue weighted by molar-refractivity contribution is 5.87. The molecule has 0 bridgehead atoms. The van der Waals surface area contributed by atoms with Crippen molar-refractivity contribution in [3.63, 3.8) is 0 Å². The molecule has 2 atom stereocenters. The molecule has 5 nitrogen and oxygen atoms in total. The summed E-state index contributed by atoms with van der Waals surface area (Å²) in [7, 11) is 1.71. The van der Waals surface area contributed by atoms with E-state index in [0.717, 1.165) is 10.9 Å². The topological polar surface area (TPSA) is 71.7 Å². The highest BCUT2D eigenvalue weighted by Crippen LogP contribution is 2.36. The van der Waals surface area contributed by atoms with E-state index in [1.165, 1.54) is 0 Å². The van der Waals surface area contributed by atoms with Gasteiger partial charge in [-0.1, -0.05) is 12.1 Å². The Balaban J connectivity index is 2.35. The zero-order chi connectivity index (χ0) is 14.5. The molecule has 0 amide bonds. The third-order valence-corrected chi connectivity index (χ3v) is 4.10. The lowest BCUT2D eigenvalue weighted by Gasteiger charge is -2.38. The average molecular weight is 275 g/mol. The van der Waals surface area contributed by atoms with Gasteiger partial charge in [0.1, 0.15) is 11.9 Å². The number of pyridine rings is 1. The first-order valence-corrected chi connectivity index (χ1v) is 6.56. The van der Waals surface area contributed by atoms with Crippen LogP contribution in [0.2, 0.25) is 0 Å². The molecular formula is C15H17NO4. The Morgan fingerprint density at radius 2 is 2.15 bits per heavy atom. The number of aliphatic hydroxyl groups excluding tert-OH is 2. The van der Waals surface area contributed by atoms with E-state index in [0.29, 0.717) is 11.3 Å². The Morgan fingerprint density at radius 1 is 1.45 bits per heavy atom. The molecule has 0 fully saturated rings. The van der Waals surface area contributed by atoms with Crippen LogP contribution >= 0.6 is 0 Å². The van der Waals surface area contributed by atoms with Crippen LogP contribution in [0, 0.1) is 0 Å². The average Bonchev–Trinajstić information content (AvgIpc) is 2.47. The van der Waals surface area contributed by atoms with Gasteiger partial charge < -0.3 is 19.5 Å². The van der Waals surface area contributed by atoms with E-state index in [-0.39, 0.29) is 18.6 Å². The van der Waals surface area contributed by atoms with E-state index >= 15 is 0 Å². The van der Waals surface area contributed by atoms with Crippen molar-refractivity contribution in [2.24, 2.45) is 7.05 Å². The van der Waals surface area contributed by atoms with Crippen molar-refractivity contribution in [2.75, 3.05) is 6.61 Å². The van der Waals surface area contributed by atoms with Crippen LogP contribution in [-0.2, 0) is 13.5 Å². The van der Waals surface area contributed by atoms with Gasteiger partial charge in [0, 0.05) is 18.9 Å². The maximum absolute atomic E-state index is 12.4. The summed E-state index contributed by atoms with van der Waals surface area (Å²) in [6, 6.07) is 7.46. The first-order valence-electron chi connectivity index (χ1n) is 6.56. The quantitative estimate of drug-likeness (QED) is 0.799. The van der Waals surface area contributed by atoms with Crippen molar-refractivity contribution < 1.29 is 14.9 Å². The van der Waals surface area contributed by atoms with E-state index in [1.807, 2.05) is 24.3 Å². The minimum absolute atomic E-state index is 0.169. The summed E-state index contributed by atoms with van der Waals surface area (Å²) < 4.78 is 7.38. The summed E-state index contributed by atoms with van der Waals surface area (Å²) in [6.07, 6.45) is -0.724. The standard InChI is InChI=1S/C15H17NO4/c1-15(8-17)12(18)7-10-13(20-15)9-5-3-4-6-11(9)16(2)14(10)19/h3-6,12,17-18H,7-8H2,1-2H3/t12-,15+/m1/s1. The molecular weight excluding hydrogens is 258 g/mol. The normalized spacial score (nSPS) is 25.3. The molecule has 20 heavy (non-hydrogen) atoms. The van der Waals surface area contributed by atoms with Crippen LogP contribution in [0.4, 0.5) is 0 Å². The molecule has 2 N–H and O–H groups in total. The third kappa shape index (κ3) is 1.67. The predicted octanol–water partition coefficient (Wildman–Crippen LogP) is 0.585. The zero-order valence-electron chi connectivity index (χ0n) is 11.5. The molecule has 0 unspecified atom stereocenters. The number of hydrogen-bond donors (Lipinski definition) is 2. The summed E-state index contributed by atoms with van der Waals surface area (Å²) in [4.78, 5) is 12.4. The fourth-order valence-electron chi connectivity index (χ4n) is 2.67. The van der Waals surface area contributed by atoms with E-state index in [1.54, 1.807) is 18.5 Å². The minimum atomic E-state index is -1.08. The summed E-state index contributed by atoms with van der Waals surface area (Å²) in [5.74, 6) is 0.477. The van der Waals surface area contributed by atoms with Gasteiger partial charge in [-0.05, 0) is 19.1 Å². The van der Waals surface area contributed by atoms with Crippen molar-refractivity contribution in [1.29, 1.82) is 0 Å². The van der Waals surface area contributed by atoms with E-state index < -0.39 is 11.7 Å². The number of fused-ring (bicyclic) bond motifs is 3. The maximum atomic E-state index is 12.4. The van der Waals surface area contributed by atoms with Gasteiger partial charge >= 0.3 is 0 Å². The molecule has 1 aromatic heterocycles. The van der Waals surface area contributed by atoms with Gasteiger partial charge in [-0.3, -0.25) is 4.79 Å². The van der Waals surface area contributed by atoms with Crippen LogP contribution in [-0.4, -0.2) is 33.1 Å². The molecule has 3 rings (SSSR count). The lowest BCUT2D eigenvalue weighted by Crippen LogP contribution is -2.53. The summed E-state index contributed by atoms with van der Waals surface area (Å²) in [6.45, 7) is 1.34. The summed E-state index contributed by atoms with van der Waals surface area (Å²) in [5.41, 5.74) is -0.0161. The van der Waals surface area contributed by atoms with Gasteiger partial charge in [-0.15, -0.1) is 0 Å². The van der Waals surface area contributed by atoms with Crippen LogP contribution in [0.1, 0.15) is 12.5 Å². The minimum Gasteiger partial charge on any atom is -0.481 e. The first kappa shape index (κ1) is 13.1. The molecule has 0 radical (unpaired) electrons. The first-order chi connectivity index (χ1) is 9.48. The number of benzene rings is 1. The molecule has 0 aliphatic carbocycles. The molecule has 1 aliphatic heterocycles. The van der Waals surface area contributed by atoms with Crippen LogP contribution < -0.4 is 10.3 Å². The fraction of sp³-hybridized carbons (Fsp3) is 0.400. The molecule has 1 aromatic carbocycles. The number of nitrogens with zero attached hydrogens (tertiary/aromatic N) is 1. The monoisotopic (exact) mass is 275 g/mol. The number of hydrogen-bond acceptors (Lipinski definition) is 4. The van der Waals surface area contributed by atoms with Crippen LogP contribution in [0.15, 0.2) is 29.1 Å². The van der Waals surface area contributed by atoms with Crippen molar-refractivity contribution in [2.45, 2.75) is 25.0 Å². The summed E-state index contributed by atoms with van der Waals surface area (Å²) >= 11 is 0. The van der Waals surface area contributed by atoms with Gasteiger partial charge in [0.25, 0.3) is 5.56 Å². The highest BCUT2D eigenvalue weighted by atomic mass is 16.5. The fourth-order valence-corrected chi connectivity index (χ4v) is 2.67. The van der Waals surface area contributed by atoms with Crippen molar-refractivity contribution in [3.05, 3.63) is 40.2 Å². The number of rotatable bonds is 1. The lowest BCUT2D eigenvalue weighted by atomic mass is 9.89. The molecule has 0 saturated carbocycles. The maximum Gasteiger partial charge on any atom is 0.257 e. The second-order valence-corrected chi connectivity index (χ2v) is 5.48. The Morgan fingerprint density at radius 3 is 2.85 bits per heavy atom. The van der Waals surface area contributed by atoms with E-state index in [9.17, 15) is 15.0 Å². The number of aromatic nitrogens is 1. The molecule has 2 heterocycles. The third-order valence-electron chi connectivity index (χ3n) is 4.10. The van der Waals surface area contributed by atoms with Crippen molar-refractivity contribution in [3.8, 4) is 5.75 Å². The van der Waals surface area contributed by atoms with Gasteiger partial charge in [0.15, 0.2) is 5.60 Å². The van der Waals surface area contributed by atoms with Crippen molar-refractivity contribution >= 4 is 10.9 Å². The van der Waals surface area contributed by atoms with E-state index in [2.05, 4.69) is 0 Å². The SMILES string of the molecule is Cn1c(=O)c2c(c3ccccc31)O[C@@](C)(CO)[C@H](O)C2. The molecule has 106 valence electrons. The van der Waals surface area contributed by atoms with Crippen molar-refractivity contribution in [1.82, 2.24) is 4.57 Å². The summed E-state index contributed by atoms with van der Waals surface area (Å²) in [5, 5.41) is 20.4. The number of aliphatic hydroxyl groups is 2. The molecule has 0 spiro atoms. The van der Waals surface area contributed by atoms with Crippen LogP contribution in [0.5, 0.6) is 5.75 Å². The van der Waals surface area contributed by atoms with Gasteiger partial charge in [0.2, 0.25) is 0 Å². The lowest BCUT2D eigenvalue weighted by molar-refractivity contribution is -0.0833. The number of aryl methyl sites for hydroxylation is 1. The number of ether oxygens (including phenoxy) is 1. The Kier molecular flexibility index (Phi) is 2.84. The predicted molar refractivity (Wildman–Crippen MR) is 75.0 cm³/mol. The molecule has 2 aromatic rings. The highest BCUT2D eigenvalue weighted by Gasteiger charge is 2.41. The second kappa shape index (κ2) is 4.33. The molecule has 5 heteroatoms. The second-order valence-electron chi connectivity index (χ2n) is 5.48. The Hall–Kier alpha value is -1.85. The van der Waals surface area contributed by atoms with Gasteiger partial charge in [-0.2, -0.15) is 0 Å². The Labute approximate surface area is 116 Å². The smallest absolute Gasteiger partial charge is 0.257 e. The zero-order valence-corrected chi connectivity index (χ0v) is 11.5. The van der Waals surface area contributed by atoms with Gasteiger partial charge in [0.05, 0.1) is 17.7 Å². The van der Waals surface area contributed by atoms with Crippen LogP contribution in [0.25, 0.3) is 10.9 Å². The Bertz CT molecular complexity index is 736. The van der Waals surface area contributed by atoms with E-state index in [4.69, 9.17) is 4.74 Å². The van der Waals surface area contributed by atoms with Crippen LogP contribution in [0.3, 0.4) is 0 Å².